The van der Waals surface area contributed by atoms with E-state index in [1.807, 2.05) is 6.07 Å². The molecule has 0 radical (unpaired) electrons. The molecule has 0 bridgehead atoms. The van der Waals surface area contributed by atoms with Gasteiger partial charge in [0.05, 0.1) is 0 Å². The molecule has 3 N–H and O–H groups in total. The highest BCUT2D eigenvalue weighted by Crippen LogP contribution is 2.17. The van der Waals surface area contributed by atoms with Crippen LogP contribution in [0.5, 0.6) is 0 Å². The van der Waals surface area contributed by atoms with Crippen LogP contribution in [-0.4, -0.2) is 29.5 Å². The Kier molecular flexibility index (Phi) is 5.75. The lowest BCUT2D eigenvalue weighted by atomic mass is 10.1. The van der Waals surface area contributed by atoms with Gasteiger partial charge in [0.25, 0.3) is 5.91 Å². The summed E-state index contributed by atoms with van der Waals surface area (Å²) in [6, 6.07) is 9.03. The maximum absolute atomic E-state index is 11.8. The van der Waals surface area contributed by atoms with Gasteiger partial charge in [-0.1, -0.05) is 43.2 Å². The highest BCUT2D eigenvalue weighted by Gasteiger charge is 2.18. The summed E-state index contributed by atoms with van der Waals surface area (Å²) < 4.78 is 0. The number of aliphatic hydroxyl groups excluding tert-OH is 1. The van der Waals surface area contributed by atoms with Crippen LogP contribution >= 0.6 is 0 Å². The SMILES string of the molecule is O=C(CCNC(=O)C(O)c1ccccc1)NC1CCCC1. The predicted molar refractivity (Wildman–Crippen MR) is 79.4 cm³/mol. The maximum atomic E-state index is 11.8. The fraction of sp³-hybridized carbons (Fsp3) is 0.500. The first kappa shape index (κ1) is 15.5. The van der Waals surface area contributed by atoms with E-state index < -0.39 is 12.0 Å². The first-order chi connectivity index (χ1) is 10.2. The number of carbonyl (C=O) groups excluding carboxylic acids is 2. The van der Waals surface area contributed by atoms with Gasteiger partial charge in [-0.15, -0.1) is 0 Å². The average molecular weight is 290 g/mol. The van der Waals surface area contributed by atoms with Crippen molar-refractivity contribution in [2.45, 2.75) is 44.2 Å². The Hall–Kier alpha value is -1.88. The predicted octanol–water partition coefficient (Wildman–Crippen LogP) is 1.29. The summed E-state index contributed by atoms with van der Waals surface area (Å²) in [4.78, 5) is 23.5. The first-order valence-corrected chi connectivity index (χ1v) is 7.47. The third-order valence-electron chi connectivity index (χ3n) is 3.74. The molecule has 1 aliphatic carbocycles. The summed E-state index contributed by atoms with van der Waals surface area (Å²) in [5.74, 6) is -0.522. The van der Waals surface area contributed by atoms with Crippen LogP contribution in [-0.2, 0) is 9.59 Å². The van der Waals surface area contributed by atoms with Gasteiger partial charge in [0.1, 0.15) is 0 Å². The summed E-state index contributed by atoms with van der Waals surface area (Å²) in [5.41, 5.74) is 0.547. The van der Waals surface area contributed by atoms with E-state index in [1.54, 1.807) is 24.3 Å². The topological polar surface area (TPSA) is 78.4 Å². The normalized spacial score (nSPS) is 16.4. The molecule has 5 nitrogen and oxygen atoms in total. The minimum atomic E-state index is -1.19. The first-order valence-electron chi connectivity index (χ1n) is 7.47. The molecule has 114 valence electrons. The molecule has 5 heteroatoms. The van der Waals surface area contributed by atoms with Gasteiger partial charge in [0.2, 0.25) is 5.91 Å². The summed E-state index contributed by atoms with van der Waals surface area (Å²) in [5, 5.41) is 15.4. The van der Waals surface area contributed by atoms with E-state index in [2.05, 4.69) is 10.6 Å². The highest BCUT2D eigenvalue weighted by molar-refractivity contribution is 5.83. The summed E-state index contributed by atoms with van der Waals surface area (Å²) in [7, 11) is 0. The lowest BCUT2D eigenvalue weighted by molar-refractivity contribution is -0.129. The van der Waals surface area contributed by atoms with E-state index in [9.17, 15) is 14.7 Å². The molecule has 1 aromatic rings. The molecule has 1 fully saturated rings. The van der Waals surface area contributed by atoms with Crippen LogP contribution < -0.4 is 10.6 Å². The number of nitrogens with one attached hydrogen (secondary N) is 2. The van der Waals surface area contributed by atoms with Gasteiger partial charge in [0, 0.05) is 19.0 Å². The van der Waals surface area contributed by atoms with Gasteiger partial charge in [-0.05, 0) is 18.4 Å². The van der Waals surface area contributed by atoms with E-state index in [-0.39, 0.29) is 18.9 Å². The summed E-state index contributed by atoms with van der Waals surface area (Å²) in [6.07, 6.45) is 3.49. The Morgan fingerprint density at radius 2 is 1.86 bits per heavy atom. The van der Waals surface area contributed by atoms with Gasteiger partial charge in [-0.3, -0.25) is 9.59 Å². The summed E-state index contributed by atoms with van der Waals surface area (Å²) in [6.45, 7) is 0.237. The fourth-order valence-corrected chi connectivity index (χ4v) is 2.55. The van der Waals surface area contributed by atoms with Crippen LogP contribution in [0, 0.1) is 0 Å². The van der Waals surface area contributed by atoms with Crippen LogP contribution in [0.2, 0.25) is 0 Å². The van der Waals surface area contributed by atoms with Crippen LogP contribution in [0.4, 0.5) is 0 Å². The zero-order valence-electron chi connectivity index (χ0n) is 12.0. The fourth-order valence-electron chi connectivity index (χ4n) is 2.55. The molecule has 1 saturated carbocycles. The zero-order valence-corrected chi connectivity index (χ0v) is 12.0. The Morgan fingerprint density at radius 3 is 2.52 bits per heavy atom. The molecular formula is C16H22N2O3. The minimum Gasteiger partial charge on any atom is -0.378 e. The Balaban J connectivity index is 1.68. The van der Waals surface area contributed by atoms with E-state index >= 15 is 0 Å². The lowest BCUT2D eigenvalue weighted by Crippen LogP contribution is -2.36. The van der Waals surface area contributed by atoms with Crippen molar-refractivity contribution >= 4 is 11.8 Å². The number of carbonyl (C=O) groups is 2. The van der Waals surface area contributed by atoms with Crippen LogP contribution in [0.3, 0.4) is 0 Å². The molecule has 21 heavy (non-hydrogen) atoms. The van der Waals surface area contributed by atoms with Crippen molar-refractivity contribution in [2.75, 3.05) is 6.54 Å². The molecule has 0 aliphatic heterocycles. The monoisotopic (exact) mass is 290 g/mol. The third kappa shape index (κ3) is 4.86. The molecule has 2 amide bonds. The van der Waals surface area contributed by atoms with Crippen LogP contribution in [0.1, 0.15) is 43.8 Å². The Bertz CT molecular complexity index is 470. The highest BCUT2D eigenvalue weighted by atomic mass is 16.3. The smallest absolute Gasteiger partial charge is 0.253 e. The van der Waals surface area contributed by atoms with Crippen molar-refractivity contribution in [2.24, 2.45) is 0 Å². The maximum Gasteiger partial charge on any atom is 0.253 e. The van der Waals surface area contributed by atoms with E-state index in [0.29, 0.717) is 11.6 Å². The van der Waals surface area contributed by atoms with Gasteiger partial charge in [0.15, 0.2) is 6.10 Å². The number of hydrogen-bond donors (Lipinski definition) is 3. The third-order valence-corrected chi connectivity index (χ3v) is 3.74. The Morgan fingerprint density at radius 1 is 1.19 bits per heavy atom. The van der Waals surface area contributed by atoms with Crippen molar-refractivity contribution in [1.82, 2.24) is 10.6 Å². The number of amides is 2. The number of benzene rings is 1. The Labute approximate surface area is 124 Å². The molecule has 0 aromatic heterocycles. The van der Waals surface area contributed by atoms with E-state index in [1.165, 1.54) is 12.8 Å². The van der Waals surface area contributed by atoms with Crippen LogP contribution in [0.15, 0.2) is 30.3 Å². The molecule has 0 heterocycles. The van der Waals surface area contributed by atoms with Gasteiger partial charge < -0.3 is 15.7 Å². The number of aliphatic hydroxyl groups is 1. The molecule has 0 spiro atoms. The van der Waals surface area contributed by atoms with Gasteiger partial charge >= 0.3 is 0 Å². The standard InChI is InChI=1S/C16H22N2O3/c19-14(18-13-8-4-5-9-13)10-11-17-16(21)15(20)12-6-2-1-3-7-12/h1-3,6-7,13,15,20H,4-5,8-11H2,(H,17,21)(H,18,19). The second kappa shape index (κ2) is 7.78. The van der Waals surface area contributed by atoms with Crippen molar-refractivity contribution in [1.29, 1.82) is 0 Å². The molecule has 1 unspecified atom stereocenters. The van der Waals surface area contributed by atoms with Crippen LogP contribution in [0.25, 0.3) is 0 Å². The second-order valence-electron chi connectivity index (χ2n) is 5.40. The van der Waals surface area contributed by atoms with Gasteiger partial charge in [-0.25, -0.2) is 0 Å². The van der Waals surface area contributed by atoms with Crippen molar-refractivity contribution < 1.29 is 14.7 Å². The molecule has 2 rings (SSSR count). The average Bonchev–Trinajstić information content (AvgIpc) is 3.00. The second-order valence-corrected chi connectivity index (χ2v) is 5.40. The molecule has 1 atom stereocenters. The van der Waals surface area contributed by atoms with Gasteiger partial charge in [-0.2, -0.15) is 0 Å². The molecular weight excluding hydrogens is 268 g/mol. The number of rotatable bonds is 6. The molecule has 0 saturated heterocycles. The largest absolute Gasteiger partial charge is 0.378 e. The number of hydrogen-bond acceptors (Lipinski definition) is 3. The van der Waals surface area contributed by atoms with Crippen molar-refractivity contribution in [3.8, 4) is 0 Å². The summed E-state index contributed by atoms with van der Waals surface area (Å²) >= 11 is 0. The molecule has 1 aliphatic rings. The van der Waals surface area contributed by atoms with E-state index in [4.69, 9.17) is 0 Å². The zero-order chi connectivity index (χ0) is 15.1. The minimum absolute atomic E-state index is 0.0450. The van der Waals surface area contributed by atoms with Crippen molar-refractivity contribution in [3.63, 3.8) is 0 Å². The quantitative estimate of drug-likeness (QED) is 0.738. The van der Waals surface area contributed by atoms with Crippen molar-refractivity contribution in [3.05, 3.63) is 35.9 Å². The molecule has 1 aromatic carbocycles. The van der Waals surface area contributed by atoms with E-state index in [0.717, 1.165) is 12.8 Å². The lowest BCUT2D eigenvalue weighted by Gasteiger charge is -2.13.